The van der Waals surface area contributed by atoms with Crippen LogP contribution in [0.25, 0.3) is 10.9 Å². The molecule has 0 atom stereocenters. The minimum Gasteiger partial charge on any atom is -0.399 e. The molecule has 1 aromatic carbocycles. The van der Waals surface area contributed by atoms with Crippen molar-refractivity contribution in [2.24, 2.45) is 0 Å². The number of pyridine rings is 1. The molecule has 2 aliphatic heterocycles. The van der Waals surface area contributed by atoms with Gasteiger partial charge in [-0.15, -0.1) is 0 Å². The second kappa shape index (κ2) is 6.05. The molecule has 2 aromatic rings. The van der Waals surface area contributed by atoms with Crippen LogP contribution in [0.5, 0.6) is 0 Å². The Morgan fingerprint density at radius 2 is 1.11 bits per heavy atom. The molecule has 0 radical (unpaired) electrons. The minimum absolute atomic E-state index is 0.360. The summed E-state index contributed by atoms with van der Waals surface area (Å²) < 4.78 is 24.6. The van der Waals surface area contributed by atoms with E-state index in [4.69, 9.17) is 18.6 Å². The maximum atomic E-state index is 6.16. The number of fused-ring (bicyclic) bond motifs is 1. The molecule has 2 fully saturated rings. The maximum Gasteiger partial charge on any atom is 0.496 e. The van der Waals surface area contributed by atoms with Gasteiger partial charge in [-0.05, 0) is 72.3 Å². The lowest BCUT2D eigenvalue weighted by Crippen LogP contribution is -2.41. The summed E-state index contributed by atoms with van der Waals surface area (Å²) >= 11 is 0. The van der Waals surface area contributed by atoms with E-state index in [0.29, 0.717) is 0 Å². The van der Waals surface area contributed by atoms with Crippen molar-refractivity contribution in [2.75, 3.05) is 0 Å². The van der Waals surface area contributed by atoms with Crippen molar-refractivity contribution >= 4 is 36.1 Å². The molecule has 4 rings (SSSR count). The van der Waals surface area contributed by atoms with E-state index in [0.717, 1.165) is 21.8 Å². The number of rotatable bonds is 2. The third-order valence-corrected chi connectivity index (χ3v) is 6.78. The Morgan fingerprint density at radius 1 is 0.643 bits per heavy atom. The predicted octanol–water partition coefficient (Wildman–Crippen LogP) is 2.83. The molecule has 5 nitrogen and oxygen atoms in total. The van der Waals surface area contributed by atoms with Gasteiger partial charge in [0.05, 0.1) is 27.9 Å². The van der Waals surface area contributed by atoms with E-state index < -0.39 is 7.12 Å². The van der Waals surface area contributed by atoms with Crippen molar-refractivity contribution in [1.29, 1.82) is 0 Å². The van der Waals surface area contributed by atoms with Crippen molar-refractivity contribution in [2.45, 2.75) is 77.8 Å². The van der Waals surface area contributed by atoms with Crippen LogP contribution in [0.3, 0.4) is 0 Å². The van der Waals surface area contributed by atoms with Crippen LogP contribution >= 0.6 is 0 Å². The average Bonchev–Trinajstić information content (AvgIpc) is 2.93. The summed E-state index contributed by atoms with van der Waals surface area (Å²) in [5.41, 5.74) is 1.34. The molecule has 2 aliphatic rings. The Hall–Kier alpha value is -1.40. The van der Waals surface area contributed by atoms with Gasteiger partial charge in [-0.2, -0.15) is 0 Å². The number of hydrogen-bond acceptors (Lipinski definition) is 5. The largest absolute Gasteiger partial charge is 0.496 e. The maximum absolute atomic E-state index is 6.16. The number of aromatic nitrogens is 1. The topological polar surface area (TPSA) is 49.8 Å². The zero-order valence-corrected chi connectivity index (χ0v) is 18.1. The Kier molecular flexibility index (Phi) is 4.30. The van der Waals surface area contributed by atoms with Gasteiger partial charge < -0.3 is 18.6 Å². The highest BCUT2D eigenvalue weighted by molar-refractivity contribution is 6.63. The van der Waals surface area contributed by atoms with Crippen LogP contribution in [-0.2, 0) is 18.6 Å². The van der Waals surface area contributed by atoms with Gasteiger partial charge in [0.1, 0.15) is 0 Å². The van der Waals surface area contributed by atoms with Gasteiger partial charge in [-0.3, -0.25) is 4.98 Å². The lowest BCUT2D eigenvalue weighted by molar-refractivity contribution is 0.00578. The molecule has 0 N–H and O–H groups in total. The van der Waals surface area contributed by atoms with Crippen LogP contribution in [0.15, 0.2) is 30.5 Å². The fourth-order valence-corrected chi connectivity index (χ4v) is 3.39. The number of benzene rings is 1. The van der Waals surface area contributed by atoms with Crippen molar-refractivity contribution in [3.05, 3.63) is 30.5 Å². The highest BCUT2D eigenvalue weighted by Gasteiger charge is 2.53. The normalized spacial score (nSPS) is 24.9. The van der Waals surface area contributed by atoms with Crippen LogP contribution in [-0.4, -0.2) is 41.6 Å². The zero-order chi connectivity index (χ0) is 20.5. The standard InChI is InChI=1S/C21H29B2NO4/c1-18(2)19(3,4)26-22(25-18)15-10-9-14-11-16(13-24-17(14)12-15)23-27-20(5,6)21(7,8)28-23/h9-13H,1-8H3. The van der Waals surface area contributed by atoms with E-state index in [1.165, 1.54) is 0 Å². The van der Waals surface area contributed by atoms with E-state index in [1.54, 1.807) is 0 Å². The molecule has 0 spiro atoms. The molecule has 3 heterocycles. The summed E-state index contributed by atoms with van der Waals surface area (Å²) in [6.07, 6.45) is 1.83. The number of hydrogen-bond donors (Lipinski definition) is 0. The Balaban J connectivity index is 1.61. The first kappa shape index (κ1) is 19.9. The van der Waals surface area contributed by atoms with E-state index >= 15 is 0 Å². The Bertz CT molecular complexity index is 819. The molecular formula is C21H29B2NO4. The Morgan fingerprint density at radius 3 is 1.61 bits per heavy atom. The van der Waals surface area contributed by atoms with Crippen molar-refractivity contribution in [1.82, 2.24) is 4.98 Å². The molecule has 0 aliphatic carbocycles. The van der Waals surface area contributed by atoms with E-state index in [1.807, 2.05) is 18.3 Å². The van der Waals surface area contributed by atoms with Gasteiger partial charge in [0.15, 0.2) is 0 Å². The van der Waals surface area contributed by atoms with Crippen LogP contribution in [0, 0.1) is 0 Å². The molecule has 0 unspecified atom stereocenters. The second-order valence-electron chi connectivity index (χ2n) is 9.90. The molecule has 0 bridgehead atoms. The minimum atomic E-state index is -0.412. The van der Waals surface area contributed by atoms with E-state index in [-0.39, 0.29) is 29.5 Å². The average molecular weight is 381 g/mol. The quantitative estimate of drug-likeness (QED) is 0.749. The van der Waals surface area contributed by atoms with Gasteiger partial charge in [-0.1, -0.05) is 18.2 Å². The van der Waals surface area contributed by atoms with Crippen LogP contribution in [0.4, 0.5) is 0 Å². The second-order valence-corrected chi connectivity index (χ2v) is 9.90. The number of nitrogens with zero attached hydrogens (tertiary/aromatic N) is 1. The first-order valence-electron chi connectivity index (χ1n) is 9.92. The smallest absolute Gasteiger partial charge is 0.399 e. The molecule has 7 heteroatoms. The lowest BCUT2D eigenvalue weighted by Gasteiger charge is -2.32. The molecule has 0 amide bonds. The first-order chi connectivity index (χ1) is 12.8. The van der Waals surface area contributed by atoms with Crippen LogP contribution in [0.1, 0.15) is 55.4 Å². The van der Waals surface area contributed by atoms with Crippen LogP contribution in [0.2, 0.25) is 0 Å². The van der Waals surface area contributed by atoms with E-state index in [2.05, 4.69) is 72.5 Å². The molecule has 148 valence electrons. The molecule has 0 saturated carbocycles. The molecule has 2 saturated heterocycles. The third kappa shape index (κ3) is 3.09. The molecular weight excluding hydrogens is 352 g/mol. The van der Waals surface area contributed by atoms with Crippen molar-refractivity contribution in [3.63, 3.8) is 0 Å². The fourth-order valence-electron chi connectivity index (χ4n) is 3.39. The van der Waals surface area contributed by atoms with Crippen LogP contribution < -0.4 is 10.9 Å². The third-order valence-electron chi connectivity index (χ3n) is 6.78. The zero-order valence-electron chi connectivity index (χ0n) is 18.1. The van der Waals surface area contributed by atoms with Gasteiger partial charge in [0, 0.05) is 11.7 Å². The highest BCUT2D eigenvalue weighted by atomic mass is 16.7. The fraction of sp³-hybridized carbons (Fsp3) is 0.571. The molecule has 28 heavy (non-hydrogen) atoms. The summed E-state index contributed by atoms with van der Waals surface area (Å²) in [6, 6.07) is 8.21. The van der Waals surface area contributed by atoms with Gasteiger partial charge in [0.2, 0.25) is 0 Å². The monoisotopic (exact) mass is 381 g/mol. The summed E-state index contributed by atoms with van der Waals surface area (Å²) in [4.78, 5) is 4.65. The summed E-state index contributed by atoms with van der Waals surface area (Å²) in [5.74, 6) is 0. The van der Waals surface area contributed by atoms with Crippen molar-refractivity contribution in [3.8, 4) is 0 Å². The van der Waals surface area contributed by atoms with Gasteiger partial charge >= 0.3 is 14.2 Å². The Labute approximate surface area is 168 Å². The van der Waals surface area contributed by atoms with Gasteiger partial charge in [0.25, 0.3) is 0 Å². The summed E-state index contributed by atoms with van der Waals surface area (Å²) in [6.45, 7) is 16.5. The van der Waals surface area contributed by atoms with Gasteiger partial charge in [-0.25, -0.2) is 0 Å². The lowest BCUT2D eigenvalue weighted by atomic mass is 9.77. The summed E-state index contributed by atoms with van der Waals surface area (Å²) in [5, 5.41) is 1.03. The van der Waals surface area contributed by atoms with E-state index in [9.17, 15) is 0 Å². The predicted molar refractivity (Wildman–Crippen MR) is 113 cm³/mol. The highest BCUT2D eigenvalue weighted by Crippen LogP contribution is 2.37. The SMILES string of the molecule is CC1(C)OB(c2cnc3cc(B4OC(C)(C)C(C)(C)O4)ccc3c2)OC1(C)C. The molecule has 1 aromatic heterocycles. The first-order valence-corrected chi connectivity index (χ1v) is 9.92. The summed E-state index contributed by atoms with van der Waals surface area (Å²) in [7, 11) is -0.802. The van der Waals surface area contributed by atoms with Crippen molar-refractivity contribution < 1.29 is 18.6 Å².